The Bertz CT molecular complexity index is 1630. The van der Waals surface area contributed by atoms with Gasteiger partial charge >= 0.3 is 0 Å². The van der Waals surface area contributed by atoms with Gasteiger partial charge in [-0.05, 0) is 85.2 Å². The Labute approximate surface area is 265 Å². The van der Waals surface area contributed by atoms with E-state index in [-0.39, 0.29) is 25.3 Å². The van der Waals surface area contributed by atoms with Crippen LogP contribution in [0.5, 0.6) is 17.2 Å². The van der Waals surface area contributed by atoms with E-state index >= 15 is 0 Å². The quantitative estimate of drug-likeness (QED) is 0.212. The van der Waals surface area contributed by atoms with Gasteiger partial charge in [-0.3, -0.25) is 4.18 Å². The number of hydrogen-bond donors (Lipinski definition) is 0. The van der Waals surface area contributed by atoms with Crippen molar-refractivity contribution in [1.29, 1.82) is 0 Å². The van der Waals surface area contributed by atoms with Crippen LogP contribution in [-0.4, -0.2) is 47.1 Å². The van der Waals surface area contributed by atoms with Gasteiger partial charge in [0, 0.05) is 24.0 Å². The predicted octanol–water partition coefficient (Wildman–Crippen LogP) is 7.55. The van der Waals surface area contributed by atoms with Crippen molar-refractivity contribution in [2.24, 2.45) is 0 Å². The average Bonchev–Trinajstić information content (AvgIpc) is 3.04. The van der Waals surface area contributed by atoms with Crippen molar-refractivity contribution in [1.82, 2.24) is 0 Å². The Balaban J connectivity index is 1.32. The van der Waals surface area contributed by atoms with Gasteiger partial charge in [0.05, 0.1) is 26.1 Å². The molecular formula is C36H40O8S. The van der Waals surface area contributed by atoms with E-state index in [1.54, 1.807) is 6.08 Å². The smallest absolute Gasteiger partial charge is 0.264 e. The van der Waals surface area contributed by atoms with Crippen molar-refractivity contribution in [3.8, 4) is 17.2 Å². The highest BCUT2D eigenvalue weighted by Gasteiger charge is 2.30. The van der Waals surface area contributed by atoms with Crippen LogP contribution >= 0.6 is 0 Å². The topological polar surface area (TPSA) is 89.5 Å². The number of benzene rings is 3. The molecule has 45 heavy (non-hydrogen) atoms. The van der Waals surface area contributed by atoms with E-state index in [2.05, 4.69) is 19.1 Å². The fourth-order valence-corrected chi connectivity index (χ4v) is 6.21. The number of allylic oxidation sites excluding steroid dienone is 1. The molecule has 6 rings (SSSR count). The van der Waals surface area contributed by atoms with E-state index in [9.17, 15) is 8.42 Å². The zero-order valence-electron chi connectivity index (χ0n) is 25.8. The first-order chi connectivity index (χ1) is 21.8. The molecule has 0 bridgehead atoms. The number of fused-ring (bicyclic) bond motifs is 1. The summed E-state index contributed by atoms with van der Waals surface area (Å²) < 4.78 is 58.2. The molecule has 3 heterocycles. The van der Waals surface area contributed by atoms with Gasteiger partial charge in [-0.25, -0.2) is 0 Å². The molecule has 2 saturated heterocycles. The van der Waals surface area contributed by atoms with Gasteiger partial charge in [-0.15, -0.1) is 0 Å². The van der Waals surface area contributed by atoms with E-state index in [0.717, 1.165) is 102 Å². The Morgan fingerprint density at radius 3 is 2.18 bits per heavy atom. The summed E-state index contributed by atoms with van der Waals surface area (Å²) in [6.45, 7) is 3.55. The van der Waals surface area contributed by atoms with Gasteiger partial charge in [0.25, 0.3) is 10.1 Å². The molecule has 8 nitrogen and oxygen atoms in total. The second-order valence-corrected chi connectivity index (χ2v) is 13.3. The summed E-state index contributed by atoms with van der Waals surface area (Å²) in [4.78, 5) is 0. The van der Waals surface area contributed by atoms with Crippen molar-refractivity contribution in [3.05, 3.63) is 95.1 Å². The van der Waals surface area contributed by atoms with E-state index in [4.69, 9.17) is 27.9 Å². The van der Waals surface area contributed by atoms with Crippen molar-refractivity contribution < 1.29 is 36.3 Å². The summed E-state index contributed by atoms with van der Waals surface area (Å²) in [5.74, 6) is 2.29. The molecule has 0 radical (unpaired) electrons. The predicted molar refractivity (Wildman–Crippen MR) is 173 cm³/mol. The van der Waals surface area contributed by atoms with Crippen LogP contribution in [0, 0.1) is 0 Å². The lowest BCUT2D eigenvalue weighted by atomic mass is 9.86. The van der Waals surface area contributed by atoms with Gasteiger partial charge in [0.1, 0.15) is 23.4 Å². The summed E-state index contributed by atoms with van der Waals surface area (Å²) in [6.07, 6.45) is 9.76. The molecular weight excluding hydrogens is 592 g/mol. The van der Waals surface area contributed by atoms with Crippen molar-refractivity contribution in [2.45, 2.75) is 64.1 Å². The first-order valence-electron chi connectivity index (χ1n) is 15.6. The highest BCUT2D eigenvalue weighted by Crippen LogP contribution is 2.48. The van der Waals surface area contributed by atoms with Crippen LogP contribution in [0.25, 0.3) is 17.2 Å². The van der Waals surface area contributed by atoms with Crippen molar-refractivity contribution >= 4 is 27.3 Å². The molecule has 0 amide bonds. The third-order valence-electron chi connectivity index (χ3n) is 8.15. The lowest BCUT2D eigenvalue weighted by molar-refractivity contribution is -0.106. The number of hydrogen-bond acceptors (Lipinski definition) is 8. The largest absolute Gasteiger partial charge is 0.480 e. The Kier molecular flexibility index (Phi) is 9.90. The molecule has 0 N–H and O–H groups in total. The maximum atomic E-state index is 11.3. The molecule has 3 unspecified atom stereocenters. The van der Waals surface area contributed by atoms with Crippen LogP contribution in [-0.2, 0) is 23.8 Å². The molecule has 0 aliphatic carbocycles. The zero-order chi connectivity index (χ0) is 31.2. The summed E-state index contributed by atoms with van der Waals surface area (Å²) >= 11 is 0. The van der Waals surface area contributed by atoms with Gasteiger partial charge in [0.2, 0.25) is 0 Å². The normalized spacial score (nSPS) is 22.1. The third kappa shape index (κ3) is 8.16. The van der Waals surface area contributed by atoms with Gasteiger partial charge in [-0.2, -0.15) is 8.42 Å². The van der Waals surface area contributed by atoms with Crippen LogP contribution in [0.4, 0.5) is 0 Å². The summed E-state index contributed by atoms with van der Waals surface area (Å²) in [6, 6.07) is 22.1. The van der Waals surface area contributed by atoms with E-state index in [1.807, 2.05) is 60.7 Å². The standard InChI is InChI=1S/C36H40O8S/c1-25-31-24-30(43-34-13-4-6-21-40-34)18-19-32(31)44-36(27-16-14-26(15-17-27)9-8-22-41-45(2,37)38)35(25)28-10-7-11-29(23-28)42-33-12-3-5-20-39-33/h7-11,14-19,23-24,33-34,36H,3-6,12-13,20-22H2,1-2H3/b9-8+. The molecule has 3 aliphatic heterocycles. The minimum atomic E-state index is -3.49. The van der Waals surface area contributed by atoms with Crippen LogP contribution in [0.15, 0.2) is 72.8 Å². The molecule has 9 heteroatoms. The summed E-state index contributed by atoms with van der Waals surface area (Å²) in [7, 11) is -3.49. The second-order valence-electron chi connectivity index (χ2n) is 11.6. The SMILES string of the molecule is CC1=C(c2cccc(OC3CCCCO3)c2)C(c2ccc(/C=C/COS(C)(=O)=O)cc2)Oc2ccc(OC3CCCCO3)cc21. The fraction of sp³-hybridized carbons (Fsp3) is 0.389. The fourth-order valence-electron chi connectivity index (χ4n) is 5.89. The van der Waals surface area contributed by atoms with Gasteiger partial charge in [0.15, 0.2) is 12.6 Å². The molecule has 0 spiro atoms. The number of rotatable bonds is 10. The first-order valence-corrected chi connectivity index (χ1v) is 17.4. The minimum Gasteiger partial charge on any atom is -0.480 e. The van der Waals surface area contributed by atoms with Crippen LogP contribution < -0.4 is 14.2 Å². The van der Waals surface area contributed by atoms with E-state index in [0.29, 0.717) is 6.61 Å². The zero-order valence-corrected chi connectivity index (χ0v) is 26.6. The summed E-state index contributed by atoms with van der Waals surface area (Å²) in [5.41, 5.74) is 6.00. The molecule has 0 aromatic heterocycles. The Morgan fingerprint density at radius 2 is 1.53 bits per heavy atom. The third-order valence-corrected chi connectivity index (χ3v) is 8.71. The van der Waals surface area contributed by atoms with Crippen LogP contribution in [0.3, 0.4) is 0 Å². The van der Waals surface area contributed by atoms with Gasteiger partial charge in [-0.1, -0.05) is 48.6 Å². The molecule has 3 aromatic rings. The molecule has 2 fully saturated rings. The highest BCUT2D eigenvalue weighted by molar-refractivity contribution is 7.86. The van der Waals surface area contributed by atoms with Crippen molar-refractivity contribution in [3.63, 3.8) is 0 Å². The van der Waals surface area contributed by atoms with Crippen molar-refractivity contribution in [2.75, 3.05) is 26.1 Å². The highest BCUT2D eigenvalue weighted by atomic mass is 32.2. The monoisotopic (exact) mass is 632 g/mol. The lowest BCUT2D eigenvalue weighted by Crippen LogP contribution is -2.25. The average molecular weight is 633 g/mol. The molecule has 238 valence electrons. The Morgan fingerprint density at radius 1 is 0.844 bits per heavy atom. The van der Waals surface area contributed by atoms with E-state index < -0.39 is 10.1 Å². The maximum absolute atomic E-state index is 11.3. The molecule has 3 aromatic carbocycles. The minimum absolute atomic E-state index is 0.0158. The maximum Gasteiger partial charge on any atom is 0.264 e. The number of ether oxygens (including phenoxy) is 5. The van der Waals surface area contributed by atoms with E-state index in [1.165, 1.54) is 0 Å². The lowest BCUT2D eigenvalue weighted by Gasteiger charge is -2.32. The second kappa shape index (κ2) is 14.2. The molecule has 0 saturated carbocycles. The Hall–Kier alpha value is -3.63. The summed E-state index contributed by atoms with van der Waals surface area (Å²) in [5, 5.41) is 0. The first kappa shape index (κ1) is 31.4. The van der Waals surface area contributed by atoms with Gasteiger partial charge < -0.3 is 23.7 Å². The van der Waals surface area contributed by atoms with Crippen LogP contribution in [0.2, 0.25) is 0 Å². The molecule has 3 atom stereocenters. The van der Waals surface area contributed by atoms with Crippen LogP contribution in [0.1, 0.15) is 73.8 Å². The molecule has 3 aliphatic rings.